The molecule has 4 rings (SSSR count). The second kappa shape index (κ2) is 7.75. The van der Waals surface area contributed by atoms with Gasteiger partial charge in [-0.15, -0.1) is 0 Å². The molecule has 0 saturated heterocycles. The Morgan fingerprint density at radius 3 is 2.57 bits per heavy atom. The lowest BCUT2D eigenvalue weighted by molar-refractivity contribution is -0.130. The topological polar surface area (TPSA) is 78.1 Å². The van der Waals surface area contributed by atoms with Crippen molar-refractivity contribution in [1.82, 2.24) is 0 Å². The van der Waals surface area contributed by atoms with Gasteiger partial charge in [-0.05, 0) is 29.8 Å². The van der Waals surface area contributed by atoms with Crippen LogP contribution in [0.5, 0.6) is 5.75 Å². The second-order valence-corrected chi connectivity index (χ2v) is 5.99. The van der Waals surface area contributed by atoms with Crippen LogP contribution in [0, 0.1) is 0 Å². The molecule has 0 amide bonds. The molecule has 0 aliphatic carbocycles. The molecular formula is C22H15NO5. The van der Waals surface area contributed by atoms with E-state index in [0.29, 0.717) is 17.9 Å². The zero-order chi connectivity index (χ0) is 19.3. The average Bonchev–Trinajstić information content (AvgIpc) is 3.35. The van der Waals surface area contributed by atoms with Crippen LogP contribution in [-0.2, 0) is 16.0 Å². The zero-order valence-corrected chi connectivity index (χ0v) is 14.7. The number of carbonyl (C=O) groups is 2. The summed E-state index contributed by atoms with van der Waals surface area (Å²) in [5, 5.41) is 0. The maximum atomic E-state index is 12.2. The minimum Gasteiger partial charge on any atom is -0.457 e. The fourth-order valence-corrected chi connectivity index (χ4v) is 2.68. The fourth-order valence-electron chi connectivity index (χ4n) is 2.68. The summed E-state index contributed by atoms with van der Waals surface area (Å²) in [5.41, 5.74) is 1.66. The minimum atomic E-state index is -0.627. The molecule has 0 radical (unpaired) electrons. The van der Waals surface area contributed by atoms with Crippen molar-refractivity contribution in [2.24, 2.45) is 4.99 Å². The van der Waals surface area contributed by atoms with E-state index in [2.05, 4.69) is 4.99 Å². The van der Waals surface area contributed by atoms with Gasteiger partial charge in [0.25, 0.3) is 0 Å². The highest BCUT2D eigenvalue weighted by Gasteiger charge is 2.23. The largest absolute Gasteiger partial charge is 0.457 e. The SMILES string of the molecule is O=C1OC(Cc2ccccc2)=N/C1=C/c1ccccc1OC(=O)c1ccco1. The van der Waals surface area contributed by atoms with Crippen molar-refractivity contribution in [3.8, 4) is 5.75 Å². The molecule has 2 aromatic carbocycles. The first-order chi connectivity index (χ1) is 13.7. The van der Waals surface area contributed by atoms with Crippen molar-refractivity contribution in [3.05, 3.63) is 95.6 Å². The lowest BCUT2D eigenvalue weighted by Crippen LogP contribution is -2.08. The number of ether oxygens (including phenoxy) is 2. The molecule has 1 aliphatic rings. The van der Waals surface area contributed by atoms with Crippen molar-refractivity contribution >= 4 is 23.9 Å². The van der Waals surface area contributed by atoms with E-state index in [1.54, 1.807) is 30.3 Å². The van der Waals surface area contributed by atoms with Crippen molar-refractivity contribution in [2.45, 2.75) is 6.42 Å². The smallest absolute Gasteiger partial charge is 0.379 e. The van der Waals surface area contributed by atoms with E-state index in [1.165, 1.54) is 18.4 Å². The lowest BCUT2D eigenvalue weighted by atomic mass is 10.1. The molecule has 0 saturated carbocycles. The van der Waals surface area contributed by atoms with Crippen LogP contribution in [-0.4, -0.2) is 17.8 Å². The van der Waals surface area contributed by atoms with E-state index >= 15 is 0 Å². The van der Waals surface area contributed by atoms with Crippen LogP contribution in [0.15, 0.2) is 88.1 Å². The summed E-state index contributed by atoms with van der Waals surface area (Å²) >= 11 is 0. The zero-order valence-electron chi connectivity index (χ0n) is 14.7. The number of para-hydroxylation sites is 1. The number of carbonyl (C=O) groups excluding carboxylic acids is 2. The normalized spacial score (nSPS) is 14.6. The van der Waals surface area contributed by atoms with Crippen LogP contribution < -0.4 is 4.74 Å². The molecule has 1 aliphatic heterocycles. The first-order valence-corrected chi connectivity index (χ1v) is 8.59. The third-order valence-electron chi connectivity index (χ3n) is 4.00. The third-order valence-corrected chi connectivity index (χ3v) is 4.00. The number of hydrogen-bond acceptors (Lipinski definition) is 6. The summed E-state index contributed by atoms with van der Waals surface area (Å²) in [6, 6.07) is 19.5. The molecule has 138 valence electrons. The number of benzene rings is 2. The van der Waals surface area contributed by atoms with Crippen LogP contribution in [0.1, 0.15) is 21.7 Å². The van der Waals surface area contributed by atoms with Gasteiger partial charge < -0.3 is 13.9 Å². The molecule has 6 nitrogen and oxygen atoms in total. The highest BCUT2D eigenvalue weighted by Crippen LogP contribution is 2.25. The Kier molecular flexibility index (Phi) is 4.84. The molecule has 0 bridgehead atoms. The fraction of sp³-hybridized carbons (Fsp3) is 0.0455. The van der Waals surface area contributed by atoms with E-state index in [-0.39, 0.29) is 17.2 Å². The van der Waals surface area contributed by atoms with Gasteiger partial charge in [-0.1, -0.05) is 48.5 Å². The monoisotopic (exact) mass is 373 g/mol. The molecule has 0 atom stereocenters. The highest BCUT2D eigenvalue weighted by atomic mass is 16.6. The van der Waals surface area contributed by atoms with Gasteiger partial charge in [-0.3, -0.25) is 0 Å². The Morgan fingerprint density at radius 1 is 1.00 bits per heavy atom. The number of cyclic esters (lactones) is 1. The van der Waals surface area contributed by atoms with E-state index in [4.69, 9.17) is 13.9 Å². The third kappa shape index (κ3) is 3.91. The van der Waals surface area contributed by atoms with Crippen LogP contribution in [0.4, 0.5) is 0 Å². The summed E-state index contributed by atoms with van der Waals surface area (Å²) in [4.78, 5) is 28.6. The Balaban J connectivity index is 1.57. The summed E-state index contributed by atoms with van der Waals surface area (Å²) in [6.45, 7) is 0. The first kappa shape index (κ1) is 17.5. The van der Waals surface area contributed by atoms with Crippen molar-refractivity contribution in [2.75, 3.05) is 0 Å². The van der Waals surface area contributed by atoms with E-state index in [9.17, 15) is 9.59 Å². The van der Waals surface area contributed by atoms with E-state index in [0.717, 1.165) is 5.56 Å². The lowest BCUT2D eigenvalue weighted by Gasteiger charge is -2.06. The van der Waals surface area contributed by atoms with Crippen molar-refractivity contribution < 1.29 is 23.5 Å². The van der Waals surface area contributed by atoms with Gasteiger partial charge in [0.05, 0.1) is 6.26 Å². The number of hydrogen-bond donors (Lipinski definition) is 0. The maximum Gasteiger partial charge on any atom is 0.379 e. The predicted molar refractivity (Wildman–Crippen MR) is 102 cm³/mol. The van der Waals surface area contributed by atoms with Crippen molar-refractivity contribution in [1.29, 1.82) is 0 Å². The van der Waals surface area contributed by atoms with Gasteiger partial charge in [0.2, 0.25) is 11.7 Å². The number of esters is 2. The quantitative estimate of drug-likeness (QED) is 0.383. The van der Waals surface area contributed by atoms with Gasteiger partial charge in [0, 0.05) is 12.0 Å². The molecule has 6 heteroatoms. The Hall–Kier alpha value is -3.93. The molecule has 0 N–H and O–H groups in total. The van der Waals surface area contributed by atoms with Gasteiger partial charge >= 0.3 is 11.9 Å². The molecule has 0 unspecified atom stereocenters. The second-order valence-electron chi connectivity index (χ2n) is 5.99. The molecular weight excluding hydrogens is 358 g/mol. The number of rotatable bonds is 5. The first-order valence-electron chi connectivity index (χ1n) is 8.59. The maximum absolute atomic E-state index is 12.2. The number of furan rings is 1. The van der Waals surface area contributed by atoms with Crippen LogP contribution >= 0.6 is 0 Å². The molecule has 28 heavy (non-hydrogen) atoms. The Morgan fingerprint density at radius 2 is 1.79 bits per heavy atom. The van der Waals surface area contributed by atoms with Gasteiger partial charge in [-0.2, -0.15) is 0 Å². The van der Waals surface area contributed by atoms with Crippen LogP contribution in [0.2, 0.25) is 0 Å². The molecule has 2 heterocycles. The molecule has 0 fully saturated rings. The van der Waals surface area contributed by atoms with Gasteiger partial charge in [0.1, 0.15) is 5.75 Å². The standard InChI is InChI=1S/C22H15NO5/c24-21-17(23-20(28-21)13-15-7-2-1-3-8-15)14-16-9-4-5-10-18(16)27-22(25)19-11-6-12-26-19/h1-12,14H,13H2/b17-14+. The predicted octanol–water partition coefficient (Wildman–Crippen LogP) is 4.04. The number of nitrogens with zero attached hydrogens (tertiary/aromatic N) is 1. The van der Waals surface area contributed by atoms with Gasteiger partial charge in [0.15, 0.2) is 5.70 Å². The minimum absolute atomic E-state index is 0.0888. The molecule has 0 spiro atoms. The van der Waals surface area contributed by atoms with Crippen molar-refractivity contribution in [3.63, 3.8) is 0 Å². The number of aliphatic imine (C=N–C) groups is 1. The van der Waals surface area contributed by atoms with Crippen LogP contribution in [0.3, 0.4) is 0 Å². The summed E-state index contributed by atoms with van der Waals surface area (Å²) < 4.78 is 15.7. The van der Waals surface area contributed by atoms with E-state index < -0.39 is 11.9 Å². The summed E-state index contributed by atoms with van der Waals surface area (Å²) in [6.07, 6.45) is 3.34. The summed E-state index contributed by atoms with van der Waals surface area (Å²) in [7, 11) is 0. The van der Waals surface area contributed by atoms with Crippen LogP contribution in [0.25, 0.3) is 6.08 Å². The average molecular weight is 373 g/mol. The van der Waals surface area contributed by atoms with E-state index in [1.807, 2.05) is 30.3 Å². The molecule has 1 aromatic heterocycles. The Labute approximate surface area is 160 Å². The van der Waals surface area contributed by atoms with Gasteiger partial charge in [-0.25, -0.2) is 14.6 Å². The molecule has 3 aromatic rings. The summed E-state index contributed by atoms with van der Waals surface area (Å²) in [5.74, 6) is -0.467. The highest BCUT2D eigenvalue weighted by molar-refractivity contribution is 6.07. The Bertz CT molecular complexity index is 1070.